The number of rotatable bonds is 6. The Kier molecular flexibility index (Phi) is 5.44. The molecule has 0 bridgehead atoms. The highest BCUT2D eigenvalue weighted by Gasteiger charge is 2.23. The first kappa shape index (κ1) is 15.6. The maximum Gasteiger partial charge on any atom is 0.162 e. The Hall–Kier alpha value is -1.75. The number of aliphatic hydroxyl groups excluding tert-OH is 2. The molecule has 0 amide bonds. The molecule has 112 valence electrons. The molecule has 0 aliphatic carbocycles. The van der Waals surface area contributed by atoms with Crippen LogP contribution in [0.2, 0.25) is 5.02 Å². The number of aliphatic hydroxyl groups is 2. The van der Waals surface area contributed by atoms with Crippen molar-refractivity contribution in [3.05, 3.63) is 59.1 Å². The zero-order valence-electron chi connectivity index (χ0n) is 11.6. The summed E-state index contributed by atoms with van der Waals surface area (Å²) in [5, 5.41) is 19.8. The predicted octanol–water partition coefficient (Wildman–Crippen LogP) is 2.82. The van der Waals surface area contributed by atoms with Crippen molar-refractivity contribution in [1.29, 1.82) is 0 Å². The molecule has 5 heteroatoms. The molecule has 0 fully saturated rings. The molecule has 21 heavy (non-hydrogen) atoms. The van der Waals surface area contributed by atoms with Gasteiger partial charge in [-0.05, 0) is 17.7 Å². The summed E-state index contributed by atoms with van der Waals surface area (Å²) in [4.78, 5) is 0. The number of hydrogen-bond donors (Lipinski definition) is 2. The summed E-state index contributed by atoms with van der Waals surface area (Å²) in [5.74, 6) is 0.914. The van der Waals surface area contributed by atoms with Gasteiger partial charge in [-0.2, -0.15) is 0 Å². The van der Waals surface area contributed by atoms with Crippen molar-refractivity contribution in [2.24, 2.45) is 0 Å². The van der Waals surface area contributed by atoms with E-state index in [9.17, 15) is 10.2 Å². The Morgan fingerprint density at radius 1 is 1.10 bits per heavy atom. The molecule has 0 saturated heterocycles. The first-order valence-electron chi connectivity index (χ1n) is 6.49. The predicted molar refractivity (Wildman–Crippen MR) is 80.9 cm³/mol. The molecule has 2 aromatic rings. The summed E-state index contributed by atoms with van der Waals surface area (Å²) in [6, 6.07) is 14.2. The second kappa shape index (κ2) is 7.31. The third kappa shape index (κ3) is 3.88. The first-order chi connectivity index (χ1) is 10.2. The van der Waals surface area contributed by atoms with Gasteiger partial charge < -0.3 is 19.7 Å². The van der Waals surface area contributed by atoms with Gasteiger partial charge in [0.2, 0.25) is 0 Å². The zero-order chi connectivity index (χ0) is 15.2. The lowest BCUT2D eigenvalue weighted by Crippen LogP contribution is -2.27. The first-order valence-corrected chi connectivity index (χ1v) is 6.87. The van der Waals surface area contributed by atoms with E-state index in [0.717, 1.165) is 5.56 Å². The summed E-state index contributed by atoms with van der Waals surface area (Å²) >= 11 is 5.91. The topological polar surface area (TPSA) is 58.9 Å². The molecular weight excluding hydrogens is 292 g/mol. The van der Waals surface area contributed by atoms with Crippen LogP contribution in [0.4, 0.5) is 0 Å². The molecule has 0 heterocycles. The molecule has 0 aromatic heterocycles. The van der Waals surface area contributed by atoms with E-state index in [-0.39, 0.29) is 0 Å². The van der Waals surface area contributed by atoms with Crippen molar-refractivity contribution < 1.29 is 19.7 Å². The van der Waals surface area contributed by atoms with Gasteiger partial charge in [0.25, 0.3) is 0 Å². The maximum atomic E-state index is 10.0. The minimum atomic E-state index is -1.05. The second-order valence-electron chi connectivity index (χ2n) is 4.49. The molecule has 0 saturated carbocycles. The van der Waals surface area contributed by atoms with Crippen LogP contribution in [0, 0.1) is 0 Å². The summed E-state index contributed by atoms with van der Waals surface area (Å²) in [6.45, 7) is -0.407. The molecule has 0 aliphatic heterocycles. The van der Waals surface area contributed by atoms with Crippen molar-refractivity contribution in [3.63, 3.8) is 0 Å². The van der Waals surface area contributed by atoms with Gasteiger partial charge in [0.05, 0.1) is 13.7 Å². The second-order valence-corrected chi connectivity index (χ2v) is 4.93. The van der Waals surface area contributed by atoms with E-state index in [1.54, 1.807) is 18.2 Å². The van der Waals surface area contributed by atoms with Gasteiger partial charge >= 0.3 is 0 Å². The molecule has 2 aromatic carbocycles. The summed E-state index contributed by atoms with van der Waals surface area (Å²) in [7, 11) is 1.51. The molecule has 4 nitrogen and oxygen atoms in total. The molecule has 2 rings (SSSR count). The van der Waals surface area contributed by atoms with E-state index >= 15 is 0 Å². The van der Waals surface area contributed by atoms with Crippen LogP contribution in [0.15, 0.2) is 48.5 Å². The zero-order valence-corrected chi connectivity index (χ0v) is 12.3. The average Bonchev–Trinajstić information content (AvgIpc) is 2.53. The third-order valence-corrected chi connectivity index (χ3v) is 3.28. The fraction of sp³-hybridized carbons (Fsp3) is 0.250. The SMILES string of the molecule is COc1cc(Cl)ccc1O[C@H](c1ccccc1)[C@@H](O)CO. The Balaban J connectivity index is 2.32. The van der Waals surface area contributed by atoms with E-state index in [2.05, 4.69) is 0 Å². The van der Waals surface area contributed by atoms with Crippen molar-refractivity contribution >= 4 is 11.6 Å². The molecule has 2 atom stereocenters. The third-order valence-electron chi connectivity index (χ3n) is 3.04. The molecule has 0 radical (unpaired) electrons. The fourth-order valence-electron chi connectivity index (χ4n) is 1.98. The normalized spacial score (nSPS) is 13.5. The average molecular weight is 309 g/mol. The fourth-order valence-corrected chi connectivity index (χ4v) is 2.14. The van der Waals surface area contributed by atoms with Crippen molar-refractivity contribution in [3.8, 4) is 11.5 Å². The summed E-state index contributed by atoms with van der Waals surface area (Å²) in [5.41, 5.74) is 0.760. The van der Waals surface area contributed by atoms with Gasteiger partial charge in [-0.1, -0.05) is 41.9 Å². The summed E-state index contributed by atoms with van der Waals surface area (Å²) < 4.78 is 11.1. The minimum absolute atomic E-state index is 0.407. The number of halogens is 1. The van der Waals surface area contributed by atoms with Crippen LogP contribution in [-0.2, 0) is 0 Å². The lowest BCUT2D eigenvalue weighted by molar-refractivity contribution is -0.00286. The van der Waals surface area contributed by atoms with Gasteiger partial charge in [0.15, 0.2) is 17.6 Å². The largest absolute Gasteiger partial charge is 0.493 e. The van der Waals surface area contributed by atoms with Crippen LogP contribution in [0.3, 0.4) is 0 Å². The van der Waals surface area contributed by atoms with Gasteiger partial charge in [-0.3, -0.25) is 0 Å². The molecule has 0 aliphatic rings. The van der Waals surface area contributed by atoms with E-state index in [1.807, 2.05) is 30.3 Å². The van der Waals surface area contributed by atoms with E-state index in [1.165, 1.54) is 7.11 Å². The van der Waals surface area contributed by atoms with E-state index in [4.69, 9.17) is 21.1 Å². The smallest absolute Gasteiger partial charge is 0.162 e. The van der Waals surface area contributed by atoms with Gasteiger partial charge in [0.1, 0.15) is 6.10 Å². The van der Waals surface area contributed by atoms with Gasteiger partial charge in [-0.25, -0.2) is 0 Å². The summed E-state index contributed by atoms with van der Waals surface area (Å²) in [6.07, 6.45) is -1.75. The van der Waals surface area contributed by atoms with Crippen LogP contribution in [0.25, 0.3) is 0 Å². The highest BCUT2D eigenvalue weighted by atomic mass is 35.5. The molecule has 0 spiro atoms. The van der Waals surface area contributed by atoms with Gasteiger partial charge in [0, 0.05) is 11.1 Å². The number of ether oxygens (including phenoxy) is 2. The number of benzene rings is 2. The van der Waals surface area contributed by atoms with Crippen LogP contribution in [-0.4, -0.2) is 30.0 Å². The van der Waals surface area contributed by atoms with Crippen LogP contribution < -0.4 is 9.47 Å². The highest BCUT2D eigenvalue weighted by Crippen LogP contribution is 2.34. The molecule has 2 N–H and O–H groups in total. The van der Waals surface area contributed by atoms with E-state index < -0.39 is 18.8 Å². The highest BCUT2D eigenvalue weighted by molar-refractivity contribution is 6.30. The van der Waals surface area contributed by atoms with Crippen molar-refractivity contribution in [1.82, 2.24) is 0 Å². The number of methoxy groups -OCH3 is 1. The van der Waals surface area contributed by atoms with Crippen LogP contribution in [0.1, 0.15) is 11.7 Å². The number of hydrogen-bond acceptors (Lipinski definition) is 4. The van der Waals surface area contributed by atoms with Crippen molar-refractivity contribution in [2.45, 2.75) is 12.2 Å². The lowest BCUT2D eigenvalue weighted by Gasteiger charge is -2.24. The maximum absolute atomic E-state index is 10.0. The lowest BCUT2D eigenvalue weighted by atomic mass is 10.0. The van der Waals surface area contributed by atoms with Crippen molar-refractivity contribution in [2.75, 3.05) is 13.7 Å². The monoisotopic (exact) mass is 308 g/mol. The Morgan fingerprint density at radius 2 is 1.81 bits per heavy atom. The Bertz CT molecular complexity index is 574. The Labute approximate surface area is 128 Å². The Morgan fingerprint density at radius 3 is 2.43 bits per heavy atom. The standard InChI is InChI=1S/C16H17ClO4/c1-20-15-9-12(17)7-8-14(15)21-16(13(19)10-18)11-5-3-2-4-6-11/h2-9,13,16,18-19H,10H2,1H3/t13-,16+/m0/s1. The van der Waals surface area contributed by atoms with E-state index in [0.29, 0.717) is 16.5 Å². The minimum Gasteiger partial charge on any atom is -0.493 e. The van der Waals surface area contributed by atoms with Gasteiger partial charge in [-0.15, -0.1) is 0 Å². The van der Waals surface area contributed by atoms with Crippen LogP contribution >= 0.6 is 11.6 Å². The molecular formula is C16H17ClO4. The molecule has 0 unspecified atom stereocenters. The quantitative estimate of drug-likeness (QED) is 0.861. The van der Waals surface area contributed by atoms with Crippen LogP contribution in [0.5, 0.6) is 11.5 Å².